The minimum absolute atomic E-state index is 0.554. The smallest absolute Gasteiger partial charge is 0.193 e. The van der Waals surface area contributed by atoms with Crippen molar-refractivity contribution < 1.29 is 4.74 Å². The first kappa shape index (κ1) is 25.4. The number of hydrogen-bond donors (Lipinski definition) is 1. The van der Waals surface area contributed by atoms with E-state index in [-0.39, 0.29) is 0 Å². The molecule has 0 unspecified atom stereocenters. The molecule has 5 heteroatoms. The summed E-state index contributed by atoms with van der Waals surface area (Å²) in [6, 6.07) is 49.2. The molecule has 7 rings (SSSR count). The fourth-order valence-corrected chi connectivity index (χ4v) is 5.58. The Morgan fingerprint density at radius 1 is 0.571 bits per heavy atom. The lowest BCUT2D eigenvalue weighted by Gasteiger charge is -2.29. The number of nitrogens with zero attached hydrogens (tertiary/aromatic N) is 3. The Balaban J connectivity index is 1.47. The molecule has 202 valence electrons. The summed E-state index contributed by atoms with van der Waals surface area (Å²) in [4.78, 5) is 19.5. The monoisotopic (exact) mass is 544 g/mol. The first-order valence-corrected chi connectivity index (χ1v) is 13.9. The van der Waals surface area contributed by atoms with E-state index < -0.39 is 5.54 Å². The van der Waals surface area contributed by atoms with Crippen LogP contribution in [0.1, 0.15) is 22.5 Å². The van der Waals surface area contributed by atoms with Gasteiger partial charge in [0.2, 0.25) is 0 Å². The molecule has 2 heterocycles. The molecule has 5 aromatic carbocycles. The van der Waals surface area contributed by atoms with Gasteiger partial charge >= 0.3 is 0 Å². The first-order chi connectivity index (χ1) is 20.8. The lowest BCUT2D eigenvalue weighted by atomic mass is 9.77. The summed E-state index contributed by atoms with van der Waals surface area (Å²) in [7, 11) is 1.67. The van der Waals surface area contributed by atoms with Crippen LogP contribution in [0, 0.1) is 0 Å². The zero-order valence-electron chi connectivity index (χ0n) is 23.1. The fraction of sp³-hybridized carbons (Fsp3) is 0.0541. The van der Waals surface area contributed by atoms with Gasteiger partial charge in [-0.15, -0.1) is 0 Å². The number of nitrogens with one attached hydrogen (secondary N) is 1. The molecule has 1 aliphatic heterocycles. The van der Waals surface area contributed by atoms with Crippen molar-refractivity contribution >= 4 is 11.5 Å². The van der Waals surface area contributed by atoms with E-state index >= 15 is 0 Å². The molecule has 0 spiro atoms. The van der Waals surface area contributed by atoms with Crippen LogP contribution in [0.3, 0.4) is 0 Å². The van der Waals surface area contributed by atoms with Crippen LogP contribution in [0.5, 0.6) is 5.75 Å². The number of rotatable bonds is 7. The number of H-pyrrole nitrogens is 1. The lowest BCUT2D eigenvalue weighted by Crippen LogP contribution is -2.33. The van der Waals surface area contributed by atoms with Crippen LogP contribution in [0.2, 0.25) is 0 Å². The van der Waals surface area contributed by atoms with Gasteiger partial charge in [0, 0.05) is 11.1 Å². The maximum absolute atomic E-state index is 5.46. The number of benzene rings is 5. The fourth-order valence-electron chi connectivity index (χ4n) is 5.58. The highest BCUT2D eigenvalue weighted by Crippen LogP contribution is 2.42. The van der Waals surface area contributed by atoms with E-state index in [4.69, 9.17) is 19.7 Å². The number of aromatic amines is 1. The Labute approximate surface area is 245 Å². The predicted octanol–water partition coefficient (Wildman–Crippen LogP) is 7.95. The molecule has 1 aromatic heterocycles. The standard InChI is InChI=1S/C37H28N4O/c1-42-31-24-22-27(23-25-31)33-32(26-14-6-2-7-15-26)38-35(39-33)36-40-34(28-16-8-3-9-17-28)37(41-36,29-18-10-4-11-19-29)30-20-12-5-13-21-30/h2-25H,1H3,(H,38,39). The first-order valence-electron chi connectivity index (χ1n) is 13.9. The largest absolute Gasteiger partial charge is 0.497 e. The molecule has 1 N–H and O–H groups in total. The summed E-state index contributed by atoms with van der Waals surface area (Å²) in [6.07, 6.45) is 0. The van der Waals surface area contributed by atoms with Gasteiger partial charge in [0.1, 0.15) is 5.75 Å². The van der Waals surface area contributed by atoms with Crippen molar-refractivity contribution in [3.8, 4) is 28.3 Å². The highest BCUT2D eigenvalue weighted by atomic mass is 16.5. The molecule has 0 bridgehead atoms. The van der Waals surface area contributed by atoms with Gasteiger partial charge in [-0.2, -0.15) is 0 Å². The van der Waals surface area contributed by atoms with Crippen molar-refractivity contribution in [2.75, 3.05) is 7.11 Å². The van der Waals surface area contributed by atoms with Crippen LogP contribution in [0.4, 0.5) is 0 Å². The van der Waals surface area contributed by atoms with Crippen LogP contribution in [-0.2, 0) is 5.54 Å². The average molecular weight is 545 g/mol. The van der Waals surface area contributed by atoms with Crippen molar-refractivity contribution in [3.63, 3.8) is 0 Å². The molecule has 0 aliphatic carbocycles. The lowest BCUT2D eigenvalue weighted by molar-refractivity contribution is 0.415. The molecule has 0 atom stereocenters. The SMILES string of the molecule is COc1ccc(-c2[nH]c(C3=NC(c4ccccc4)(c4ccccc4)C(c4ccccc4)=N3)nc2-c2ccccc2)cc1. The van der Waals surface area contributed by atoms with Gasteiger partial charge in [0.25, 0.3) is 0 Å². The zero-order valence-corrected chi connectivity index (χ0v) is 23.1. The molecule has 0 radical (unpaired) electrons. The number of hydrogen-bond acceptors (Lipinski definition) is 4. The summed E-state index contributed by atoms with van der Waals surface area (Å²) in [5.74, 6) is 1.97. The van der Waals surface area contributed by atoms with Crippen LogP contribution in [-0.4, -0.2) is 28.6 Å². The predicted molar refractivity (Wildman–Crippen MR) is 169 cm³/mol. The Morgan fingerprint density at radius 2 is 1.10 bits per heavy atom. The number of imidazole rings is 1. The van der Waals surface area contributed by atoms with Crippen molar-refractivity contribution in [3.05, 3.63) is 168 Å². The molecule has 1 aliphatic rings. The van der Waals surface area contributed by atoms with E-state index in [0.717, 1.165) is 50.7 Å². The maximum atomic E-state index is 5.46. The summed E-state index contributed by atoms with van der Waals surface area (Å²) < 4.78 is 5.40. The second kappa shape index (κ2) is 10.8. The van der Waals surface area contributed by atoms with Crippen LogP contribution < -0.4 is 4.74 Å². The van der Waals surface area contributed by atoms with E-state index in [1.54, 1.807) is 7.11 Å². The third kappa shape index (κ3) is 4.41. The topological polar surface area (TPSA) is 62.6 Å². The van der Waals surface area contributed by atoms with Gasteiger partial charge in [0.05, 0.1) is 24.2 Å². The van der Waals surface area contributed by atoms with Crippen LogP contribution >= 0.6 is 0 Å². The molecule has 6 aromatic rings. The maximum Gasteiger partial charge on any atom is 0.193 e. The van der Waals surface area contributed by atoms with E-state index in [1.165, 1.54) is 0 Å². The van der Waals surface area contributed by atoms with Crippen molar-refractivity contribution in [2.24, 2.45) is 9.98 Å². The highest BCUT2D eigenvalue weighted by Gasteiger charge is 2.45. The molecule has 42 heavy (non-hydrogen) atoms. The Bertz CT molecular complexity index is 1840. The second-order valence-electron chi connectivity index (χ2n) is 10.1. The highest BCUT2D eigenvalue weighted by molar-refractivity contribution is 6.21. The number of aliphatic imine (C=N–C) groups is 2. The van der Waals surface area contributed by atoms with Crippen molar-refractivity contribution in [1.82, 2.24) is 9.97 Å². The van der Waals surface area contributed by atoms with Gasteiger partial charge in [-0.25, -0.2) is 15.0 Å². The summed E-state index contributed by atoms with van der Waals surface area (Å²) >= 11 is 0. The van der Waals surface area contributed by atoms with E-state index in [2.05, 4.69) is 77.8 Å². The van der Waals surface area contributed by atoms with Gasteiger partial charge in [-0.05, 0) is 41.0 Å². The number of amidine groups is 1. The summed E-state index contributed by atoms with van der Waals surface area (Å²) in [6.45, 7) is 0. The van der Waals surface area contributed by atoms with Crippen LogP contribution in [0.25, 0.3) is 22.5 Å². The Morgan fingerprint density at radius 3 is 1.64 bits per heavy atom. The summed E-state index contributed by atoms with van der Waals surface area (Å²) in [5, 5.41) is 0. The minimum atomic E-state index is -0.848. The number of methoxy groups -OCH3 is 1. The molecule has 0 fully saturated rings. The molecular weight excluding hydrogens is 516 g/mol. The average Bonchev–Trinajstić information content (AvgIpc) is 3.70. The number of aromatic nitrogens is 2. The quantitative estimate of drug-likeness (QED) is 0.222. The second-order valence-corrected chi connectivity index (χ2v) is 10.1. The summed E-state index contributed by atoms with van der Waals surface area (Å²) in [5.41, 5.74) is 6.85. The van der Waals surface area contributed by atoms with E-state index in [1.807, 2.05) is 72.8 Å². The van der Waals surface area contributed by atoms with E-state index in [0.29, 0.717) is 11.7 Å². The Kier molecular flexibility index (Phi) is 6.53. The zero-order chi connectivity index (χ0) is 28.4. The third-order valence-corrected chi connectivity index (χ3v) is 7.61. The van der Waals surface area contributed by atoms with Gasteiger partial charge in [-0.3, -0.25) is 0 Å². The van der Waals surface area contributed by atoms with Gasteiger partial charge < -0.3 is 9.72 Å². The normalized spacial score (nSPS) is 13.8. The number of ether oxygens (including phenoxy) is 1. The third-order valence-electron chi connectivity index (χ3n) is 7.61. The van der Waals surface area contributed by atoms with Crippen molar-refractivity contribution in [2.45, 2.75) is 5.54 Å². The molecule has 0 saturated heterocycles. The minimum Gasteiger partial charge on any atom is -0.497 e. The van der Waals surface area contributed by atoms with E-state index in [9.17, 15) is 0 Å². The molecule has 5 nitrogen and oxygen atoms in total. The van der Waals surface area contributed by atoms with Gasteiger partial charge in [0.15, 0.2) is 17.2 Å². The van der Waals surface area contributed by atoms with Crippen LogP contribution in [0.15, 0.2) is 156 Å². The molecule has 0 amide bonds. The Hall–Kier alpha value is -5.55. The molecule has 0 saturated carbocycles. The van der Waals surface area contributed by atoms with Crippen molar-refractivity contribution in [1.29, 1.82) is 0 Å². The molecular formula is C37H28N4O. The van der Waals surface area contributed by atoms with Gasteiger partial charge in [-0.1, -0.05) is 121 Å².